The van der Waals surface area contributed by atoms with E-state index in [1.165, 1.54) is 6.92 Å². The minimum Gasteiger partial charge on any atom is -0.466 e. The number of ketones is 2. The van der Waals surface area contributed by atoms with Gasteiger partial charge in [-0.3, -0.25) is 4.79 Å². The highest BCUT2D eigenvalue weighted by atomic mass is 16.5. The normalized spacial score (nSPS) is 10.2. The van der Waals surface area contributed by atoms with Crippen molar-refractivity contribution >= 4 is 17.5 Å². The Kier molecular flexibility index (Phi) is 11.1. The molecule has 0 bridgehead atoms. The van der Waals surface area contributed by atoms with Crippen molar-refractivity contribution in [3.8, 4) is 0 Å². The number of unbranched alkanes of at least 4 members (excludes halogenated alkanes) is 1. The van der Waals surface area contributed by atoms with Gasteiger partial charge in [-0.2, -0.15) is 0 Å². The molecule has 0 aliphatic carbocycles. The lowest BCUT2D eigenvalue weighted by atomic mass is 10.2. The summed E-state index contributed by atoms with van der Waals surface area (Å²) >= 11 is 0. The van der Waals surface area contributed by atoms with Crippen molar-refractivity contribution in [3.63, 3.8) is 0 Å². The number of carbonyl (C=O) groups excluding carboxylic acids is 3. The lowest BCUT2D eigenvalue weighted by Gasteiger charge is -2.05. The Labute approximate surface area is 114 Å². The SMILES string of the molecule is CC(=O)CCCOCCCCOC(=O)CCC(C)=O. The largest absolute Gasteiger partial charge is 0.466 e. The van der Waals surface area contributed by atoms with E-state index in [-0.39, 0.29) is 30.4 Å². The molecule has 5 heteroatoms. The molecule has 0 atom stereocenters. The van der Waals surface area contributed by atoms with Gasteiger partial charge in [-0.15, -0.1) is 0 Å². The molecule has 0 saturated carbocycles. The number of hydrogen-bond acceptors (Lipinski definition) is 5. The molecule has 0 amide bonds. The fraction of sp³-hybridized carbons (Fsp3) is 0.786. The number of ether oxygens (including phenoxy) is 2. The van der Waals surface area contributed by atoms with Crippen LogP contribution in [0.1, 0.15) is 52.4 Å². The molecule has 0 saturated heterocycles. The summed E-state index contributed by atoms with van der Waals surface area (Å²) in [7, 11) is 0. The van der Waals surface area contributed by atoms with Crippen molar-refractivity contribution in [3.05, 3.63) is 0 Å². The van der Waals surface area contributed by atoms with Crippen LogP contribution in [0.3, 0.4) is 0 Å². The highest BCUT2D eigenvalue weighted by Crippen LogP contribution is 1.98. The molecule has 0 aromatic heterocycles. The molecule has 0 aromatic rings. The van der Waals surface area contributed by atoms with E-state index in [0.717, 1.165) is 19.3 Å². The quantitative estimate of drug-likeness (QED) is 0.402. The smallest absolute Gasteiger partial charge is 0.306 e. The van der Waals surface area contributed by atoms with Crippen LogP contribution in [0.15, 0.2) is 0 Å². The fourth-order valence-corrected chi connectivity index (χ4v) is 1.37. The summed E-state index contributed by atoms with van der Waals surface area (Å²) in [5.74, 6) is -0.144. The van der Waals surface area contributed by atoms with Crippen LogP contribution in [0.4, 0.5) is 0 Å². The Morgan fingerprint density at radius 2 is 1.32 bits per heavy atom. The van der Waals surface area contributed by atoms with Crippen LogP contribution in [-0.2, 0) is 23.9 Å². The summed E-state index contributed by atoms with van der Waals surface area (Å²) in [4.78, 5) is 32.4. The van der Waals surface area contributed by atoms with Crippen molar-refractivity contribution in [2.45, 2.75) is 52.4 Å². The number of hydrogen-bond donors (Lipinski definition) is 0. The van der Waals surface area contributed by atoms with Crippen LogP contribution < -0.4 is 0 Å². The van der Waals surface area contributed by atoms with Crippen LogP contribution >= 0.6 is 0 Å². The van der Waals surface area contributed by atoms with E-state index in [0.29, 0.717) is 26.2 Å². The molecule has 0 heterocycles. The van der Waals surface area contributed by atoms with Crippen LogP contribution in [0.25, 0.3) is 0 Å². The van der Waals surface area contributed by atoms with Gasteiger partial charge in [-0.1, -0.05) is 0 Å². The second-order valence-electron chi connectivity index (χ2n) is 4.55. The molecule has 0 aliphatic rings. The average molecular weight is 272 g/mol. The van der Waals surface area contributed by atoms with Gasteiger partial charge in [-0.05, 0) is 33.1 Å². The van der Waals surface area contributed by atoms with Crippen LogP contribution in [0.5, 0.6) is 0 Å². The summed E-state index contributed by atoms with van der Waals surface area (Å²) in [6.07, 6.45) is 3.30. The first-order valence-electron chi connectivity index (χ1n) is 6.74. The highest BCUT2D eigenvalue weighted by molar-refractivity contribution is 5.80. The Bertz CT molecular complexity index is 286. The van der Waals surface area contributed by atoms with Gasteiger partial charge in [0, 0.05) is 26.1 Å². The molecule has 19 heavy (non-hydrogen) atoms. The molecular formula is C14H24O5. The lowest BCUT2D eigenvalue weighted by molar-refractivity contribution is -0.144. The molecule has 0 rings (SSSR count). The first-order chi connectivity index (χ1) is 9.02. The maximum atomic E-state index is 11.1. The van der Waals surface area contributed by atoms with Gasteiger partial charge < -0.3 is 19.1 Å². The van der Waals surface area contributed by atoms with Crippen LogP contribution in [-0.4, -0.2) is 37.4 Å². The van der Waals surface area contributed by atoms with E-state index < -0.39 is 0 Å². The highest BCUT2D eigenvalue weighted by Gasteiger charge is 2.04. The summed E-state index contributed by atoms with van der Waals surface area (Å²) in [5.41, 5.74) is 0. The molecule has 0 aliphatic heterocycles. The first-order valence-corrected chi connectivity index (χ1v) is 6.74. The van der Waals surface area contributed by atoms with E-state index in [2.05, 4.69) is 0 Å². The Hall–Kier alpha value is -1.23. The third kappa shape index (κ3) is 14.7. The number of carbonyl (C=O) groups is 3. The Morgan fingerprint density at radius 3 is 1.95 bits per heavy atom. The van der Waals surface area contributed by atoms with Crippen LogP contribution in [0.2, 0.25) is 0 Å². The zero-order valence-corrected chi connectivity index (χ0v) is 11.9. The standard InChI is InChI=1S/C14H24O5/c1-12(15)6-5-10-18-9-3-4-11-19-14(17)8-7-13(2)16/h3-11H2,1-2H3. The van der Waals surface area contributed by atoms with E-state index in [1.807, 2.05) is 0 Å². The van der Waals surface area contributed by atoms with E-state index >= 15 is 0 Å². The van der Waals surface area contributed by atoms with Gasteiger partial charge in [0.2, 0.25) is 0 Å². The lowest BCUT2D eigenvalue weighted by Crippen LogP contribution is -2.08. The second kappa shape index (κ2) is 11.8. The van der Waals surface area contributed by atoms with Crippen molar-refractivity contribution in [1.29, 1.82) is 0 Å². The molecule has 0 radical (unpaired) electrons. The molecule has 0 N–H and O–H groups in total. The van der Waals surface area contributed by atoms with Crippen LogP contribution in [0, 0.1) is 0 Å². The minimum absolute atomic E-state index is 0.00379. The summed E-state index contributed by atoms with van der Waals surface area (Å²) in [6, 6.07) is 0. The summed E-state index contributed by atoms with van der Waals surface area (Å²) < 4.78 is 10.3. The maximum absolute atomic E-state index is 11.1. The van der Waals surface area contributed by atoms with Crippen molar-refractivity contribution in [1.82, 2.24) is 0 Å². The van der Waals surface area contributed by atoms with Crippen molar-refractivity contribution in [2.24, 2.45) is 0 Å². The zero-order chi connectivity index (χ0) is 14.5. The van der Waals surface area contributed by atoms with Gasteiger partial charge in [0.15, 0.2) is 0 Å². The molecule has 0 unspecified atom stereocenters. The average Bonchev–Trinajstić information content (AvgIpc) is 2.34. The molecule has 0 fully saturated rings. The third-order valence-electron chi connectivity index (χ3n) is 2.44. The molecule has 0 spiro atoms. The predicted octanol–water partition coefficient (Wildman–Crippen LogP) is 2.06. The Morgan fingerprint density at radius 1 is 0.737 bits per heavy atom. The van der Waals surface area contributed by atoms with E-state index in [9.17, 15) is 14.4 Å². The van der Waals surface area contributed by atoms with E-state index in [1.54, 1.807) is 6.92 Å². The predicted molar refractivity (Wildman–Crippen MR) is 70.8 cm³/mol. The van der Waals surface area contributed by atoms with Gasteiger partial charge in [0.05, 0.1) is 13.0 Å². The molecular weight excluding hydrogens is 248 g/mol. The summed E-state index contributed by atoms with van der Waals surface area (Å²) in [5, 5.41) is 0. The third-order valence-corrected chi connectivity index (χ3v) is 2.44. The first kappa shape index (κ1) is 17.8. The van der Waals surface area contributed by atoms with E-state index in [4.69, 9.17) is 9.47 Å². The Balaban J connectivity index is 3.20. The number of esters is 1. The number of Topliss-reactive ketones (excluding diaryl/α,β-unsaturated/α-hetero) is 2. The van der Waals surface area contributed by atoms with Gasteiger partial charge >= 0.3 is 5.97 Å². The monoisotopic (exact) mass is 272 g/mol. The number of rotatable bonds is 12. The topological polar surface area (TPSA) is 69.7 Å². The molecule has 0 aromatic carbocycles. The fourth-order valence-electron chi connectivity index (χ4n) is 1.37. The van der Waals surface area contributed by atoms with Crippen molar-refractivity contribution < 1.29 is 23.9 Å². The molecule has 5 nitrogen and oxygen atoms in total. The van der Waals surface area contributed by atoms with Gasteiger partial charge in [0.1, 0.15) is 11.6 Å². The maximum Gasteiger partial charge on any atom is 0.306 e. The van der Waals surface area contributed by atoms with Crippen molar-refractivity contribution in [2.75, 3.05) is 19.8 Å². The second-order valence-corrected chi connectivity index (χ2v) is 4.55. The molecule has 110 valence electrons. The van der Waals surface area contributed by atoms with Gasteiger partial charge in [-0.25, -0.2) is 0 Å². The van der Waals surface area contributed by atoms with Gasteiger partial charge in [0.25, 0.3) is 0 Å². The zero-order valence-electron chi connectivity index (χ0n) is 11.9. The minimum atomic E-state index is -0.322. The summed E-state index contributed by atoms with van der Waals surface area (Å²) in [6.45, 7) is 4.60.